The molecule has 0 radical (unpaired) electrons. The van der Waals surface area contributed by atoms with Crippen LogP contribution in [0.1, 0.15) is 22.7 Å². The zero-order valence-electron chi connectivity index (χ0n) is 13.3. The molecule has 0 fully saturated rings. The van der Waals surface area contributed by atoms with Crippen LogP contribution in [0.15, 0.2) is 72.4 Å². The molecule has 0 aliphatic carbocycles. The Morgan fingerprint density at radius 3 is 2.58 bits per heavy atom. The van der Waals surface area contributed by atoms with Crippen molar-refractivity contribution in [1.29, 1.82) is 0 Å². The number of pyridine rings is 1. The standard InChI is InChI=1S/C20H17N3S/c1-14-17(10-9-16-8-5-11-21-18(14)16)19(15-6-3-2-4-7-15)23-20-22-12-13-24-20/h2-13,19H,1H3,(H,22,23). The minimum Gasteiger partial charge on any atom is -0.351 e. The maximum absolute atomic E-state index is 4.57. The molecule has 1 N–H and O–H groups in total. The summed E-state index contributed by atoms with van der Waals surface area (Å²) in [5, 5.41) is 7.65. The van der Waals surface area contributed by atoms with Crippen LogP contribution in [0.2, 0.25) is 0 Å². The Morgan fingerprint density at radius 2 is 1.79 bits per heavy atom. The lowest BCUT2D eigenvalue weighted by Crippen LogP contribution is -2.13. The Labute approximate surface area is 145 Å². The minimum atomic E-state index is 0.0451. The molecular formula is C20H17N3S. The van der Waals surface area contributed by atoms with Crippen LogP contribution in [0.5, 0.6) is 0 Å². The van der Waals surface area contributed by atoms with E-state index in [0.717, 1.165) is 10.6 Å². The van der Waals surface area contributed by atoms with Gasteiger partial charge in [-0.3, -0.25) is 4.98 Å². The second-order valence-electron chi connectivity index (χ2n) is 5.68. The molecular weight excluding hydrogens is 314 g/mol. The number of aryl methyl sites for hydroxylation is 1. The Bertz CT molecular complexity index is 949. The maximum Gasteiger partial charge on any atom is 0.183 e. The molecule has 2 heterocycles. The van der Waals surface area contributed by atoms with Crippen LogP contribution in [-0.2, 0) is 0 Å². The van der Waals surface area contributed by atoms with Gasteiger partial charge in [0.1, 0.15) is 0 Å². The summed E-state index contributed by atoms with van der Waals surface area (Å²) in [6, 6.07) is 18.9. The predicted molar refractivity (Wildman–Crippen MR) is 101 cm³/mol. The molecule has 4 heteroatoms. The van der Waals surface area contributed by atoms with E-state index in [1.54, 1.807) is 11.3 Å². The average molecular weight is 331 g/mol. The summed E-state index contributed by atoms with van der Waals surface area (Å²) < 4.78 is 0. The summed E-state index contributed by atoms with van der Waals surface area (Å²) in [6.07, 6.45) is 3.68. The smallest absolute Gasteiger partial charge is 0.183 e. The summed E-state index contributed by atoms with van der Waals surface area (Å²) >= 11 is 1.61. The van der Waals surface area contributed by atoms with E-state index < -0.39 is 0 Å². The highest BCUT2D eigenvalue weighted by molar-refractivity contribution is 7.13. The second-order valence-corrected chi connectivity index (χ2v) is 6.57. The first-order valence-corrected chi connectivity index (χ1v) is 8.76. The molecule has 0 saturated carbocycles. The molecule has 24 heavy (non-hydrogen) atoms. The average Bonchev–Trinajstić information content (AvgIpc) is 3.15. The number of hydrogen-bond acceptors (Lipinski definition) is 4. The van der Waals surface area contributed by atoms with Gasteiger partial charge in [0.25, 0.3) is 0 Å². The lowest BCUT2D eigenvalue weighted by molar-refractivity contribution is 0.925. The molecule has 118 valence electrons. The van der Waals surface area contributed by atoms with Crippen molar-refractivity contribution in [2.45, 2.75) is 13.0 Å². The van der Waals surface area contributed by atoms with Crippen molar-refractivity contribution in [3.8, 4) is 0 Å². The number of aromatic nitrogens is 2. The highest BCUT2D eigenvalue weighted by Gasteiger charge is 2.18. The molecule has 2 aromatic heterocycles. The minimum absolute atomic E-state index is 0.0451. The van der Waals surface area contributed by atoms with Gasteiger partial charge in [0, 0.05) is 23.2 Å². The number of rotatable bonds is 4. The molecule has 0 aliphatic rings. The highest BCUT2D eigenvalue weighted by atomic mass is 32.1. The lowest BCUT2D eigenvalue weighted by atomic mass is 9.93. The van der Waals surface area contributed by atoms with E-state index in [2.05, 4.69) is 64.7 Å². The monoisotopic (exact) mass is 331 g/mol. The number of fused-ring (bicyclic) bond motifs is 1. The van der Waals surface area contributed by atoms with Gasteiger partial charge in [-0.2, -0.15) is 0 Å². The molecule has 4 aromatic rings. The largest absolute Gasteiger partial charge is 0.351 e. The maximum atomic E-state index is 4.57. The van der Waals surface area contributed by atoms with E-state index in [4.69, 9.17) is 0 Å². The van der Waals surface area contributed by atoms with E-state index in [1.165, 1.54) is 22.1 Å². The summed E-state index contributed by atoms with van der Waals surface area (Å²) in [5.74, 6) is 0. The zero-order chi connectivity index (χ0) is 16.4. The topological polar surface area (TPSA) is 37.8 Å². The van der Waals surface area contributed by atoms with Crippen molar-refractivity contribution >= 4 is 27.4 Å². The third-order valence-corrected chi connectivity index (χ3v) is 4.92. The van der Waals surface area contributed by atoms with Crippen LogP contribution in [-0.4, -0.2) is 9.97 Å². The quantitative estimate of drug-likeness (QED) is 0.558. The first-order chi connectivity index (χ1) is 11.8. The molecule has 0 aliphatic heterocycles. The highest BCUT2D eigenvalue weighted by Crippen LogP contribution is 2.32. The van der Waals surface area contributed by atoms with Gasteiger partial charge in [0.05, 0.1) is 11.6 Å². The Balaban J connectivity index is 1.85. The van der Waals surface area contributed by atoms with Crippen LogP contribution in [0, 0.1) is 6.92 Å². The predicted octanol–water partition coefficient (Wildman–Crippen LogP) is 5.20. The summed E-state index contributed by atoms with van der Waals surface area (Å²) in [4.78, 5) is 8.96. The molecule has 3 nitrogen and oxygen atoms in total. The van der Waals surface area contributed by atoms with Gasteiger partial charge in [0.2, 0.25) is 0 Å². The van der Waals surface area contributed by atoms with E-state index in [0.29, 0.717) is 0 Å². The van der Waals surface area contributed by atoms with Gasteiger partial charge in [0.15, 0.2) is 5.13 Å². The normalized spacial score (nSPS) is 12.2. The van der Waals surface area contributed by atoms with Gasteiger partial charge in [-0.05, 0) is 29.7 Å². The first-order valence-electron chi connectivity index (χ1n) is 7.88. The fraction of sp³-hybridized carbons (Fsp3) is 0.100. The third kappa shape index (κ3) is 2.76. The third-order valence-electron chi connectivity index (χ3n) is 4.21. The first kappa shape index (κ1) is 14.8. The van der Waals surface area contributed by atoms with Crippen LogP contribution < -0.4 is 5.32 Å². The van der Waals surface area contributed by atoms with E-state index in [-0.39, 0.29) is 6.04 Å². The van der Waals surface area contributed by atoms with Gasteiger partial charge < -0.3 is 5.32 Å². The van der Waals surface area contributed by atoms with Crippen molar-refractivity contribution in [2.24, 2.45) is 0 Å². The van der Waals surface area contributed by atoms with E-state index in [9.17, 15) is 0 Å². The van der Waals surface area contributed by atoms with E-state index >= 15 is 0 Å². The van der Waals surface area contributed by atoms with Crippen molar-refractivity contribution in [2.75, 3.05) is 5.32 Å². The van der Waals surface area contributed by atoms with Gasteiger partial charge in [-0.1, -0.05) is 48.5 Å². The van der Waals surface area contributed by atoms with Crippen LogP contribution in [0.3, 0.4) is 0 Å². The SMILES string of the molecule is Cc1c(C(Nc2nccs2)c2ccccc2)ccc2cccnc12. The summed E-state index contributed by atoms with van der Waals surface area (Å²) in [7, 11) is 0. The Kier molecular flexibility index (Phi) is 3.97. The number of hydrogen-bond donors (Lipinski definition) is 1. The summed E-state index contributed by atoms with van der Waals surface area (Å²) in [5.41, 5.74) is 4.69. The molecule has 4 rings (SSSR count). The number of nitrogens with one attached hydrogen (secondary N) is 1. The fourth-order valence-corrected chi connectivity index (χ4v) is 3.58. The van der Waals surface area contributed by atoms with Gasteiger partial charge in [-0.15, -0.1) is 11.3 Å². The number of nitrogens with zero attached hydrogens (tertiary/aromatic N) is 2. The molecule has 2 aromatic carbocycles. The van der Waals surface area contributed by atoms with Crippen LogP contribution in [0.25, 0.3) is 10.9 Å². The number of anilines is 1. The molecule has 0 amide bonds. The molecule has 0 spiro atoms. The van der Waals surface area contributed by atoms with Crippen LogP contribution in [0.4, 0.5) is 5.13 Å². The lowest BCUT2D eigenvalue weighted by Gasteiger charge is -2.22. The van der Waals surface area contributed by atoms with Gasteiger partial charge in [-0.25, -0.2) is 4.98 Å². The Hall–Kier alpha value is -2.72. The van der Waals surface area contributed by atoms with Gasteiger partial charge >= 0.3 is 0 Å². The van der Waals surface area contributed by atoms with Crippen LogP contribution >= 0.6 is 11.3 Å². The number of benzene rings is 2. The molecule has 0 bridgehead atoms. The summed E-state index contributed by atoms with van der Waals surface area (Å²) in [6.45, 7) is 2.14. The van der Waals surface area contributed by atoms with Crippen molar-refractivity contribution in [1.82, 2.24) is 9.97 Å². The van der Waals surface area contributed by atoms with Crippen molar-refractivity contribution in [3.05, 3.63) is 89.1 Å². The van der Waals surface area contributed by atoms with Crippen molar-refractivity contribution in [3.63, 3.8) is 0 Å². The molecule has 1 unspecified atom stereocenters. The Morgan fingerprint density at radius 1 is 0.917 bits per heavy atom. The molecule has 0 saturated heterocycles. The fourth-order valence-electron chi connectivity index (χ4n) is 3.02. The van der Waals surface area contributed by atoms with E-state index in [1.807, 2.05) is 29.9 Å². The number of thiazole rings is 1. The zero-order valence-corrected chi connectivity index (χ0v) is 14.1. The molecule has 1 atom stereocenters. The second kappa shape index (κ2) is 6.42. The van der Waals surface area contributed by atoms with Crippen molar-refractivity contribution < 1.29 is 0 Å².